The molecule has 24 nitrogen and oxygen atoms in total. The van der Waals surface area contributed by atoms with E-state index in [1.165, 1.54) is 17.6 Å². The third-order valence-corrected chi connectivity index (χ3v) is 18.2. The summed E-state index contributed by atoms with van der Waals surface area (Å²) >= 11 is 29.1. The van der Waals surface area contributed by atoms with Crippen molar-refractivity contribution in [3.8, 4) is 5.75 Å². The molecule has 2 heterocycles. The van der Waals surface area contributed by atoms with Gasteiger partial charge in [-0.3, -0.25) is 53.0 Å². The number of para-hydroxylation sites is 3. The number of carbonyl (C=O) groups is 9. The number of carboxylic acids is 1. The number of halogens is 5. The van der Waals surface area contributed by atoms with Crippen LogP contribution in [0.3, 0.4) is 0 Å². The average Bonchev–Trinajstić information content (AvgIpc) is 1.72. The lowest BCUT2D eigenvalue weighted by atomic mass is 9.81. The maximum atomic E-state index is 12.7. The third-order valence-electron chi connectivity index (χ3n) is 14.8. The summed E-state index contributed by atoms with van der Waals surface area (Å²) in [4.78, 5) is 129. The molecule has 2 aliphatic carbocycles. The van der Waals surface area contributed by atoms with E-state index in [-0.39, 0.29) is 83.6 Å². The van der Waals surface area contributed by atoms with Crippen LogP contribution in [0.5, 0.6) is 5.75 Å². The van der Waals surface area contributed by atoms with Crippen molar-refractivity contribution in [1.82, 2.24) is 0 Å². The van der Waals surface area contributed by atoms with Crippen LogP contribution in [0.2, 0.25) is 5.02 Å². The standard InChI is InChI=1S/C19H17Cl2NO4.C15H22ClNO2.C14H13NO7S.C11H11Cl2NO2.C5H12NO4P/c1-2-26-19(25)16(21)10-11-9-12(7-8-15(11)20)22-17(23)13-5-3-4-6-14(13)18(22)24;1-5-13-8-6-7-11(2)15(13)17(14(18)9-16)12(3)10-19-4;1-23(21,22)8-5-6-9(10(7-8)15(19)20)14(18)13-11(16)3-2-4-12(13)17;1-7-6-16-9-5-3-2-4-8(9)14(7)11(15)10(12)13;1-11(9,10)3-2-4(6)5(7)8/h7-10H,2-6H2,1H3;6-8,12H,5,9-10H2,1-4H3;5-7,13H,2-4H2,1H3;2-5,7,10H,6H2,1H3;4H,2-3,6H2,1H3,(H,7,8)(H,9,10)/b16-10-;;;;. The van der Waals surface area contributed by atoms with Crippen molar-refractivity contribution in [1.29, 1.82) is 0 Å². The Bertz CT molecular complexity index is 3740. The Balaban J connectivity index is 0.000000259. The van der Waals surface area contributed by atoms with Crippen LogP contribution in [0.15, 0.2) is 99.9 Å². The molecule has 4 N–H and O–H groups in total. The van der Waals surface area contributed by atoms with E-state index >= 15 is 0 Å². The van der Waals surface area contributed by atoms with E-state index in [1.54, 1.807) is 42.0 Å². The Morgan fingerprint density at radius 1 is 0.926 bits per heavy atom. The molecule has 4 aromatic rings. The number of carboxylic acid groups (broad SMARTS) is 1. The molecule has 0 spiro atoms. The smallest absolute Gasteiger partial charge is 0.349 e. The quantitative estimate of drug-likeness (QED) is 0.00903. The van der Waals surface area contributed by atoms with Crippen molar-refractivity contribution in [3.63, 3.8) is 0 Å². The van der Waals surface area contributed by atoms with Gasteiger partial charge in [0, 0.05) is 61.3 Å². The Labute approximate surface area is 575 Å². The first-order chi connectivity index (χ1) is 44.6. The number of nitro benzene ring substituents is 1. The number of methoxy groups -OCH3 is 1. The molecule has 4 atom stereocenters. The van der Waals surface area contributed by atoms with E-state index in [0.29, 0.717) is 65.6 Å². The van der Waals surface area contributed by atoms with E-state index < -0.39 is 79.5 Å². The first-order valence-electron chi connectivity index (χ1n) is 29.7. The third kappa shape index (κ3) is 22.3. The summed E-state index contributed by atoms with van der Waals surface area (Å²) in [5.41, 5.74) is 9.90. The highest BCUT2D eigenvalue weighted by molar-refractivity contribution is 7.90. The van der Waals surface area contributed by atoms with Crippen LogP contribution in [-0.4, -0.2) is 151 Å². The Morgan fingerprint density at radius 3 is 2.06 bits per heavy atom. The van der Waals surface area contributed by atoms with Crippen LogP contribution in [0.4, 0.5) is 22.7 Å². The predicted octanol–water partition coefficient (Wildman–Crippen LogP) is 10.8. The molecule has 2 aliphatic heterocycles. The van der Waals surface area contributed by atoms with Gasteiger partial charge < -0.3 is 39.7 Å². The Kier molecular flexibility index (Phi) is 31.4. The number of carbonyl (C=O) groups excluding carboxylic acids is 8. The van der Waals surface area contributed by atoms with Gasteiger partial charge in [-0.15, -0.1) is 11.6 Å². The number of Topliss-reactive ketones (excluding diaryl/α,β-unsaturated/α-hetero) is 3. The van der Waals surface area contributed by atoms with Gasteiger partial charge in [-0.1, -0.05) is 83.7 Å². The van der Waals surface area contributed by atoms with E-state index in [4.69, 9.17) is 87.9 Å². The number of fused-ring (bicyclic) bond motifs is 1. The number of nitro groups is 1. The average molecular weight is 1460 g/mol. The van der Waals surface area contributed by atoms with Crippen LogP contribution in [0.1, 0.15) is 106 Å². The molecule has 516 valence electrons. The van der Waals surface area contributed by atoms with E-state index in [1.807, 2.05) is 57.2 Å². The molecule has 1 fully saturated rings. The summed E-state index contributed by atoms with van der Waals surface area (Å²) in [6, 6.07) is 19.8. The minimum atomic E-state index is -3.70. The summed E-state index contributed by atoms with van der Waals surface area (Å²) in [7, 11) is -5.16. The number of aryl methyl sites for hydroxylation is 2. The number of anilines is 3. The van der Waals surface area contributed by atoms with Crippen molar-refractivity contribution in [3.05, 3.63) is 132 Å². The number of nitrogens with zero attached hydrogens (tertiary/aromatic N) is 4. The van der Waals surface area contributed by atoms with Gasteiger partial charge >= 0.3 is 11.9 Å². The van der Waals surface area contributed by atoms with Gasteiger partial charge in [-0.2, -0.15) is 0 Å². The maximum absolute atomic E-state index is 12.7. The Hall–Kier alpha value is -6.90. The van der Waals surface area contributed by atoms with Gasteiger partial charge in [0.15, 0.2) is 39.4 Å². The summed E-state index contributed by atoms with van der Waals surface area (Å²) in [6.45, 7) is 12.0. The van der Waals surface area contributed by atoms with Gasteiger partial charge in [0.2, 0.25) is 5.91 Å². The molecule has 8 rings (SSSR count). The number of rotatable bonds is 19. The lowest BCUT2D eigenvalue weighted by molar-refractivity contribution is -0.385. The van der Waals surface area contributed by atoms with Crippen LogP contribution < -0.4 is 25.2 Å². The molecule has 4 aliphatic rings. The highest BCUT2D eigenvalue weighted by Crippen LogP contribution is 2.39. The molecule has 0 aromatic heterocycles. The molecule has 0 saturated heterocycles. The number of sulfone groups is 1. The second-order valence-electron chi connectivity index (χ2n) is 22.1. The number of nitrogens with two attached hydrogens (primary N) is 1. The molecular formula is C64H75Cl5N5O19PS. The van der Waals surface area contributed by atoms with Gasteiger partial charge in [0.25, 0.3) is 23.4 Å². The number of amides is 4. The fraction of sp³-hybridized carbons (Fsp3) is 0.422. The van der Waals surface area contributed by atoms with Crippen LogP contribution in [0.25, 0.3) is 6.08 Å². The van der Waals surface area contributed by atoms with E-state index in [9.17, 15) is 66.2 Å². The SMILES string of the molecule is CC1COc2ccccc2N1C(=O)C(Cl)Cl.CCOC(=O)/C(Cl)=C/c1cc(N2C(=O)C3=C(CCCC3)C2=O)ccc1Cl.CCc1cccc(C)c1N(C(=O)CCl)C(C)COC.CP(=O)(O)CCC(N)C(=O)O.CS(=O)(=O)c1ccc(C(=O)C2C(=O)CCCC2=O)c([N+](=O)[O-])c1. The topological polar surface area (TPSA) is 352 Å². The number of imide groups is 1. The van der Waals surface area contributed by atoms with Crippen molar-refractivity contribution in [2.45, 2.75) is 120 Å². The van der Waals surface area contributed by atoms with Gasteiger partial charge in [0.05, 0.1) is 57.7 Å². The maximum Gasteiger partial charge on any atom is 0.349 e. The highest BCUT2D eigenvalue weighted by Gasteiger charge is 2.41. The molecule has 0 bridgehead atoms. The van der Waals surface area contributed by atoms with Crippen LogP contribution >= 0.6 is 65.4 Å². The number of ketones is 3. The number of hydrogen-bond acceptors (Lipinski definition) is 18. The van der Waals surface area contributed by atoms with Crippen molar-refractivity contribution >= 4 is 157 Å². The number of esters is 1. The summed E-state index contributed by atoms with van der Waals surface area (Å²) in [5, 5.41) is 19.6. The normalized spacial score (nSPS) is 16.7. The molecule has 95 heavy (non-hydrogen) atoms. The summed E-state index contributed by atoms with van der Waals surface area (Å²) in [6.07, 6.45) is 6.70. The fourth-order valence-corrected chi connectivity index (χ4v) is 12.3. The zero-order valence-corrected chi connectivity index (χ0v) is 58.8. The van der Waals surface area contributed by atoms with Gasteiger partial charge in [0.1, 0.15) is 35.2 Å². The summed E-state index contributed by atoms with van der Waals surface area (Å²) in [5.74, 6) is -5.72. The monoisotopic (exact) mass is 1460 g/mol. The first-order valence-corrected chi connectivity index (χ1v) is 36.0. The largest absolute Gasteiger partial charge is 0.489 e. The molecule has 0 radical (unpaired) electrons. The first kappa shape index (κ1) is 80.5. The molecule has 4 unspecified atom stereocenters. The minimum absolute atomic E-state index is 0.0223. The number of alkyl halides is 3. The van der Waals surface area contributed by atoms with Crippen LogP contribution in [0, 0.1) is 23.0 Å². The predicted molar refractivity (Wildman–Crippen MR) is 363 cm³/mol. The van der Waals surface area contributed by atoms with Gasteiger partial charge in [-0.25, -0.2) is 18.1 Å². The zero-order valence-electron chi connectivity index (χ0n) is 53.3. The van der Waals surface area contributed by atoms with E-state index in [2.05, 4.69) is 13.0 Å². The number of aliphatic carboxylic acids is 1. The van der Waals surface area contributed by atoms with Crippen molar-refractivity contribution in [2.24, 2.45) is 11.7 Å². The van der Waals surface area contributed by atoms with Crippen molar-refractivity contribution in [2.75, 3.05) is 66.6 Å². The fourth-order valence-electron chi connectivity index (χ4n) is 10.2. The minimum Gasteiger partial charge on any atom is -0.489 e. The lowest BCUT2D eigenvalue weighted by Crippen LogP contribution is -2.47. The van der Waals surface area contributed by atoms with Crippen molar-refractivity contribution < 1.29 is 85.3 Å². The molecular weight excluding hydrogens is 1380 g/mol. The lowest BCUT2D eigenvalue weighted by Gasteiger charge is -2.35. The number of hydrogen-bond donors (Lipinski definition) is 3. The second kappa shape index (κ2) is 37.0. The molecule has 1 saturated carbocycles. The zero-order chi connectivity index (χ0) is 71.4. The second-order valence-corrected chi connectivity index (χ2v) is 28.8. The van der Waals surface area contributed by atoms with E-state index in [0.717, 1.165) is 66.2 Å². The van der Waals surface area contributed by atoms with Crippen LogP contribution in [-0.2, 0) is 68.7 Å². The number of benzene rings is 4. The highest BCUT2D eigenvalue weighted by atomic mass is 35.5. The molecule has 4 aromatic carbocycles. The van der Waals surface area contributed by atoms with Gasteiger partial charge in [-0.05, 0) is 138 Å². The molecule has 31 heteroatoms. The molecule has 4 amide bonds. The summed E-state index contributed by atoms with van der Waals surface area (Å²) < 4.78 is 49.1. The number of ether oxygens (including phenoxy) is 3. The Morgan fingerprint density at radius 2 is 1.54 bits per heavy atom.